The number of aryl methyl sites for hydroxylation is 1. The van der Waals surface area contributed by atoms with Crippen LogP contribution >= 0.6 is 0 Å². The van der Waals surface area contributed by atoms with Crippen LogP contribution in [0.2, 0.25) is 0 Å². The number of rotatable bonds is 4. The predicted octanol–water partition coefficient (Wildman–Crippen LogP) is 4.28. The van der Waals surface area contributed by atoms with E-state index in [1.54, 1.807) is 42.5 Å². The van der Waals surface area contributed by atoms with Crippen molar-refractivity contribution in [1.82, 2.24) is 9.97 Å². The average Bonchev–Trinajstić information content (AvgIpc) is 2.57. The molecule has 0 aliphatic carbocycles. The highest BCUT2D eigenvalue weighted by molar-refractivity contribution is 5.60. The molecule has 0 radical (unpaired) electrons. The molecule has 1 heterocycles. The van der Waals surface area contributed by atoms with E-state index in [1.165, 1.54) is 12.1 Å². The SMILES string of the molecule is Cc1cc(Nc2ccc(F)cc2)nc(Nc2ccc(C#N)cc2)n1. The normalized spacial score (nSPS) is 10.0. The number of benzene rings is 2. The number of halogens is 1. The second kappa shape index (κ2) is 6.75. The number of anilines is 4. The molecule has 3 rings (SSSR count). The maximum absolute atomic E-state index is 13.0. The lowest BCUT2D eigenvalue weighted by atomic mass is 10.2. The summed E-state index contributed by atoms with van der Waals surface area (Å²) in [7, 11) is 0. The van der Waals surface area contributed by atoms with E-state index in [9.17, 15) is 4.39 Å². The van der Waals surface area contributed by atoms with Gasteiger partial charge in [0.15, 0.2) is 0 Å². The average molecular weight is 319 g/mol. The highest BCUT2D eigenvalue weighted by Gasteiger charge is 2.04. The van der Waals surface area contributed by atoms with Gasteiger partial charge in [-0.3, -0.25) is 0 Å². The van der Waals surface area contributed by atoms with Gasteiger partial charge in [0, 0.05) is 23.1 Å². The quantitative estimate of drug-likeness (QED) is 0.750. The topological polar surface area (TPSA) is 73.6 Å². The molecule has 0 unspecified atom stereocenters. The van der Waals surface area contributed by atoms with Gasteiger partial charge in [0.05, 0.1) is 11.6 Å². The van der Waals surface area contributed by atoms with E-state index in [2.05, 4.69) is 26.7 Å². The summed E-state index contributed by atoms with van der Waals surface area (Å²) < 4.78 is 13.0. The van der Waals surface area contributed by atoms with Crippen molar-refractivity contribution in [2.45, 2.75) is 6.92 Å². The van der Waals surface area contributed by atoms with Crippen LogP contribution in [0.3, 0.4) is 0 Å². The molecule has 2 aromatic carbocycles. The second-order valence-corrected chi connectivity index (χ2v) is 5.16. The molecule has 0 spiro atoms. The zero-order chi connectivity index (χ0) is 16.9. The molecule has 2 N–H and O–H groups in total. The van der Waals surface area contributed by atoms with Crippen LogP contribution in [0.4, 0.5) is 27.5 Å². The predicted molar refractivity (Wildman–Crippen MR) is 90.9 cm³/mol. The fraction of sp³-hybridized carbons (Fsp3) is 0.0556. The van der Waals surface area contributed by atoms with E-state index >= 15 is 0 Å². The molecule has 0 bridgehead atoms. The molecule has 5 nitrogen and oxygen atoms in total. The van der Waals surface area contributed by atoms with Crippen molar-refractivity contribution in [3.05, 3.63) is 71.7 Å². The molecular weight excluding hydrogens is 305 g/mol. The van der Waals surface area contributed by atoms with E-state index in [0.717, 1.165) is 17.1 Å². The van der Waals surface area contributed by atoms with Crippen molar-refractivity contribution in [2.24, 2.45) is 0 Å². The van der Waals surface area contributed by atoms with Crippen LogP contribution in [0.15, 0.2) is 54.6 Å². The smallest absolute Gasteiger partial charge is 0.229 e. The summed E-state index contributed by atoms with van der Waals surface area (Å²) in [5.41, 5.74) is 2.89. The van der Waals surface area contributed by atoms with Gasteiger partial charge in [-0.2, -0.15) is 10.2 Å². The van der Waals surface area contributed by atoms with Gasteiger partial charge < -0.3 is 10.6 Å². The fourth-order valence-corrected chi connectivity index (χ4v) is 2.13. The third-order valence-electron chi connectivity index (χ3n) is 3.24. The second-order valence-electron chi connectivity index (χ2n) is 5.16. The Hall–Kier alpha value is -3.46. The number of nitriles is 1. The van der Waals surface area contributed by atoms with Crippen molar-refractivity contribution >= 4 is 23.1 Å². The maximum Gasteiger partial charge on any atom is 0.229 e. The zero-order valence-electron chi connectivity index (χ0n) is 12.9. The molecule has 0 aliphatic heterocycles. The third-order valence-corrected chi connectivity index (χ3v) is 3.24. The minimum Gasteiger partial charge on any atom is -0.340 e. The number of nitrogens with zero attached hydrogens (tertiary/aromatic N) is 3. The van der Waals surface area contributed by atoms with Crippen molar-refractivity contribution in [1.29, 1.82) is 5.26 Å². The first-order valence-corrected chi connectivity index (χ1v) is 7.28. The molecule has 0 fully saturated rings. The minimum atomic E-state index is -0.289. The minimum absolute atomic E-state index is 0.289. The Morgan fingerprint density at radius 2 is 1.54 bits per heavy atom. The Labute approximate surface area is 138 Å². The lowest BCUT2D eigenvalue weighted by molar-refractivity contribution is 0.628. The Bertz CT molecular complexity index is 883. The van der Waals surface area contributed by atoms with Gasteiger partial charge in [0.2, 0.25) is 5.95 Å². The summed E-state index contributed by atoms with van der Waals surface area (Å²) in [6, 6.07) is 16.9. The van der Waals surface area contributed by atoms with Gasteiger partial charge in [-0.1, -0.05) is 0 Å². The molecular formula is C18H14FN5. The maximum atomic E-state index is 13.0. The summed E-state index contributed by atoms with van der Waals surface area (Å²) in [6.45, 7) is 1.86. The number of hydrogen-bond donors (Lipinski definition) is 2. The van der Waals surface area contributed by atoms with Gasteiger partial charge in [0.25, 0.3) is 0 Å². The first kappa shape index (κ1) is 15.4. The van der Waals surface area contributed by atoms with Gasteiger partial charge in [0.1, 0.15) is 11.6 Å². The molecule has 6 heteroatoms. The van der Waals surface area contributed by atoms with Crippen molar-refractivity contribution < 1.29 is 4.39 Å². The van der Waals surface area contributed by atoms with Gasteiger partial charge in [-0.25, -0.2) is 9.37 Å². The molecule has 0 saturated carbocycles. The van der Waals surface area contributed by atoms with Crippen LogP contribution in [0.1, 0.15) is 11.3 Å². The Balaban J connectivity index is 1.80. The highest BCUT2D eigenvalue weighted by Crippen LogP contribution is 2.19. The van der Waals surface area contributed by atoms with Crippen LogP contribution in [0, 0.1) is 24.1 Å². The molecule has 0 atom stereocenters. The Morgan fingerprint density at radius 1 is 0.917 bits per heavy atom. The highest BCUT2D eigenvalue weighted by atomic mass is 19.1. The summed E-state index contributed by atoms with van der Waals surface area (Å²) >= 11 is 0. The van der Waals surface area contributed by atoms with E-state index in [0.29, 0.717) is 17.3 Å². The molecule has 118 valence electrons. The summed E-state index contributed by atoms with van der Waals surface area (Å²) in [5, 5.41) is 15.0. The van der Waals surface area contributed by atoms with E-state index < -0.39 is 0 Å². The van der Waals surface area contributed by atoms with E-state index in [-0.39, 0.29) is 5.82 Å². The Morgan fingerprint density at radius 3 is 2.21 bits per heavy atom. The number of nitrogens with one attached hydrogen (secondary N) is 2. The van der Waals surface area contributed by atoms with Gasteiger partial charge in [-0.15, -0.1) is 0 Å². The van der Waals surface area contributed by atoms with Crippen LogP contribution in [0.5, 0.6) is 0 Å². The summed E-state index contributed by atoms with van der Waals surface area (Å²) in [6.07, 6.45) is 0. The van der Waals surface area contributed by atoms with Crippen LogP contribution in [0.25, 0.3) is 0 Å². The number of aromatic nitrogens is 2. The monoisotopic (exact) mass is 319 g/mol. The standard InChI is InChI=1S/C18H14FN5/c1-12-10-17(22-15-8-4-14(19)5-9-15)24-18(21-12)23-16-6-2-13(11-20)3-7-16/h2-10H,1H3,(H2,21,22,23,24). The van der Waals surface area contributed by atoms with Crippen molar-refractivity contribution in [2.75, 3.05) is 10.6 Å². The fourth-order valence-electron chi connectivity index (χ4n) is 2.13. The molecule has 3 aromatic rings. The van der Waals surface area contributed by atoms with Crippen LogP contribution < -0.4 is 10.6 Å². The van der Waals surface area contributed by atoms with Gasteiger partial charge >= 0.3 is 0 Å². The third kappa shape index (κ3) is 3.84. The zero-order valence-corrected chi connectivity index (χ0v) is 12.9. The molecule has 0 aliphatic rings. The summed E-state index contributed by atoms with van der Waals surface area (Å²) in [5.74, 6) is 0.747. The Kier molecular flexibility index (Phi) is 4.34. The molecule has 24 heavy (non-hydrogen) atoms. The summed E-state index contributed by atoms with van der Waals surface area (Å²) in [4.78, 5) is 8.74. The molecule has 0 saturated heterocycles. The largest absolute Gasteiger partial charge is 0.340 e. The van der Waals surface area contributed by atoms with E-state index in [1.807, 2.05) is 6.92 Å². The lowest BCUT2D eigenvalue weighted by Crippen LogP contribution is -2.02. The lowest BCUT2D eigenvalue weighted by Gasteiger charge is -2.10. The molecule has 0 amide bonds. The van der Waals surface area contributed by atoms with E-state index in [4.69, 9.17) is 5.26 Å². The molecule has 1 aromatic heterocycles. The number of hydrogen-bond acceptors (Lipinski definition) is 5. The van der Waals surface area contributed by atoms with Gasteiger partial charge in [-0.05, 0) is 55.5 Å². The first-order chi connectivity index (χ1) is 11.6. The first-order valence-electron chi connectivity index (χ1n) is 7.28. The van der Waals surface area contributed by atoms with Crippen LogP contribution in [-0.4, -0.2) is 9.97 Å². The van der Waals surface area contributed by atoms with Crippen LogP contribution in [-0.2, 0) is 0 Å². The van der Waals surface area contributed by atoms with Crippen molar-refractivity contribution in [3.63, 3.8) is 0 Å². The van der Waals surface area contributed by atoms with Crippen molar-refractivity contribution in [3.8, 4) is 6.07 Å².